The minimum absolute atomic E-state index is 0.480. The SMILES string of the molecule is CCN1CCC(N(C)c2ccc(C(N)=S)c(C)c2)CC1. The lowest BCUT2D eigenvalue weighted by molar-refractivity contribution is 0.221. The quantitative estimate of drug-likeness (QED) is 0.864. The number of thiocarbonyl (C=S) groups is 1. The van der Waals surface area contributed by atoms with Crippen molar-refractivity contribution in [2.75, 3.05) is 31.6 Å². The van der Waals surface area contributed by atoms with Gasteiger partial charge >= 0.3 is 0 Å². The van der Waals surface area contributed by atoms with Gasteiger partial charge in [-0.25, -0.2) is 0 Å². The lowest BCUT2D eigenvalue weighted by atomic mass is 10.0. The van der Waals surface area contributed by atoms with Crippen LogP contribution in [-0.2, 0) is 0 Å². The number of likely N-dealkylation sites (tertiary alicyclic amines) is 1. The molecule has 2 rings (SSSR count). The summed E-state index contributed by atoms with van der Waals surface area (Å²) in [4.78, 5) is 5.41. The summed E-state index contributed by atoms with van der Waals surface area (Å²) in [5.41, 5.74) is 9.13. The van der Waals surface area contributed by atoms with Crippen molar-refractivity contribution < 1.29 is 0 Å². The summed E-state index contributed by atoms with van der Waals surface area (Å²) < 4.78 is 0. The van der Waals surface area contributed by atoms with E-state index >= 15 is 0 Å². The van der Waals surface area contributed by atoms with Crippen molar-refractivity contribution in [3.8, 4) is 0 Å². The number of piperidine rings is 1. The van der Waals surface area contributed by atoms with E-state index in [0.29, 0.717) is 11.0 Å². The minimum atomic E-state index is 0.480. The maximum absolute atomic E-state index is 5.73. The van der Waals surface area contributed by atoms with Crippen LogP contribution in [-0.4, -0.2) is 42.6 Å². The molecule has 3 nitrogen and oxygen atoms in total. The average Bonchev–Trinajstić information content (AvgIpc) is 2.46. The maximum atomic E-state index is 5.73. The average molecular weight is 291 g/mol. The highest BCUT2D eigenvalue weighted by Crippen LogP contribution is 2.24. The standard InChI is InChI=1S/C16H25N3S/c1-4-19-9-7-13(8-10-19)18(3)14-5-6-15(16(17)20)12(2)11-14/h5-6,11,13H,4,7-10H2,1-3H3,(H2,17,20). The van der Waals surface area contributed by atoms with Gasteiger partial charge in [-0.3, -0.25) is 0 Å². The third-order valence-corrected chi connectivity index (χ3v) is 4.65. The van der Waals surface area contributed by atoms with Crippen LogP contribution in [0.4, 0.5) is 5.69 Å². The molecule has 1 fully saturated rings. The number of anilines is 1. The predicted octanol–water partition coefficient (Wildman–Crippen LogP) is 2.55. The second-order valence-corrected chi connectivity index (χ2v) is 6.08. The number of hydrogen-bond donors (Lipinski definition) is 1. The minimum Gasteiger partial charge on any atom is -0.389 e. The predicted molar refractivity (Wildman–Crippen MR) is 90.6 cm³/mol. The molecule has 0 unspecified atom stereocenters. The fourth-order valence-electron chi connectivity index (χ4n) is 2.98. The van der Waals surface area contributed by atoms with Gasteiger partial charge in [0, 0.05) is 37.4 Å². The Morgan fingerprint density at radius 3 is 2.55 bits per heavy atom. The first kappa shape index (κ1) is 15.3. The molecule has 0 radical (unpaired) electrons. The molecule has 0 amide bonds. The molecule has 1 aliphatic heterocycles. The highest BCUT2D eigenvalue weighted by atomic mass is 32.1. The molecule has 1 saturated heterocycles. The van der Waals surface area contributed by atoms with Crippen LogP contribution in [0.3, 0.4) is 0 Å². The normalized spacial score (nSPS) is 17.1. The number of hydrogen-bond acceptors (Lipinski definition) is 3. The highest BCUT2D eigenvalue weighted by molar-refractivity contribution is 7.80. The summed E-state index contributed by atoms with van der Waals surface area (Å²) in [5, 5.41) is 0. The fraction of sp³-hybridized carbons (Fsp3) is 0.562. The van der Waals surface area contributed by atoms with Crippen molar-refractivity contribution in [2.45, 2.75) is 32.7 Å². The van der Waals surface area contributed by atoms with E-state index in [1.54, 1.807) is 0 Å². The van der Waals surface area contributed by atoms with Crippen molar-refractivity contribution >= 4 is 22.9 Å². The molecule has 1 aromatic carbocycles. The number of benzene rings is 1. The van der Waals surface area contributed by atoms with Gasteiger partial charge in [0.25, 0.3) is 0 Å². The molecule has 4 heteroatoms. The van der Waals surface area contributed by atoms with Crippen LogP contribution < -0.4 is 10.6 Å². The van der Waals surface area contributed by atoms with Crippen LogP contribution in [0.2, 0.25) is 0 Å². The third kappa shape index (κ3) is 3.30. The Kier molecular flexibility index (Phi) is 5.00. The molecular weight excluding hydrogens is 266 g/mol. The van der Waals surface area contributed by atoms with Crippen LogP contribution in [0, 0.1) is 6.92 Å². The van der Waals surface area contributed by atoms with Crippen molar-refractivity contribution in [2.24, 2.45) is 5.73 Å². The van der Waals surface area contributed by atoms with E-state index in [1.807, 2.05) is 6.07 Å². The van der Waals surface area contributed by atoms with Gasteiger partial charge in [-0.2, -0.15) is 0 Å². The molecule has 2 N–H and O–H groups in total. The summed E-state index contributed by atoms with van der Waals surface area (Å²) in [7, 11) is 2.20. The first-order valence-corrected chi connectivity index (χ1v) is 7.79. The first-order valence-electron chi connectivity index (χ1n) is 7.38. The lowest BCUT2D eigenvalue weighted by Gasteiger charge is -2.37. The zero-order chi connectivity index (χ0) is 14.7. The second-order valence-electron chi connectivity index (χ2n) is 5.64. The van der Waals surface area contributed by atoms with Crippen LogP contribution in [0.1, 0.15) is 30.9 Å². The fourth-order valence-corrected chi connectivity index (χ4v) is 3.21. The topological polar surface area (TPSA) is 32.5 Å². The van der Waals surface area contributed by atoms with Gasteiger partial charge in [0.05, 0.1) is 0 Å². The van der Waals surface area contributed by atoms with Gasteiger partial charge in [0.15, 0.2) is 0 Å². The molecular formula is C16H25N3S. The van der Waals surface area contributed by atoms with Crippen LogP contribution in [0.15, 0.2) is 18.2 Å². The van der Waals surface area contributed by atoms with E-state index in [2.05, 4.69) is 42.8 Å². The van der Waals surface area contributed by atoms with Crippen molar-refractivity contribution in [1.29, 1.82) is 0 Å². The monoisotopic (exact) mass is 291 g/mol. The summed E-state index contributed by atoms with van der Waals surface area (Å²) >= 11 is 5.07. The van der Waals surface area contributed by atoms with Crippen LogP contribution in [0.25, 0.3) is 0 Å². The lowest BCUT2D eigenvalue weighted by Crippen LogP contribution is -2.43. The van der Waals surface area contributed by atoms with Crippen molar-refractivity contribution in [3.05, 3.63) is 29.3 Å². The Morgan fingerprint density at radius 1 is 1.40 bits per heavy atom. The molecule has 0 spiro atoms. The second kappa shape index (κ2) is 6.55. The van der Waals surface area contributed by atoms with Gasteiger partial charge in [-0.05, 0) is 50.1 Å². The molecule has 0 aliphatic carbocycles. The van der Waals surface area contributed by atoms with Gasteiger partial charge in [0.1, 0.15) is 4.99 Å². The van der Waals surface area contributed by atoms with E-state index in [-0.39, 0.29) is 0 Å². The molecule has 0 bridgehead atoms. The van der Waals surface area contributed by atoms with E-state index in [4.69, 9.17) is 18.0 Å². The Labute approximate surface area is 127 Å². The largest absolute Gasteiger partial charge is 0.389 e. The zero-order valence-corrected chi connectivity index (χ0v) is 13.5. The molecule has 1 heterocycles. The summed E-state index contributed by atoms with van der Waals surface area (Å²) in [6.45, 7) is 7.89. The summed E-state index contributed by atoms with van der Waals surface area (Å²) in [5.74, 6) is 0. The van der Waals surface area contributed by atoms with Crippen LogP contribution >= 0.6 is 12.2 Å². The number of rotatable bonds is 4. The third-order valence-electron chi connectivity index (χ3n) is 4.43. The molecule has 1 aliphatic rings. The smallest absolute Gasteiger partial charge is 0.104 e. The first-order chi connectivity index (χ1) is 9.52. The Hall–Kier alpha value is -1.13. The Bertz CT molecular complexity index is 479. The molecule has 0 saturated carbocycles. The molecule has 20 heavy (non-hydrogen) atoms. The zero-order valence-electron chi connectivity index (χ0n) is 12.7. The highest BCUT2D eigenvalue weighted by Gasteiger charge is 2.22. The Morgan fingerprint density at radius 2 is 2.05 bits per heavy atom. The van der Waals surface area contributed by atoms with Crippen molar-refractivity contribution in [3.63, 3.8) is 0 Å². The summed E-state index contributed by atoms with van der Waals surface area (Å²) in [6.07, 6.45) is 2.47. The van der Waals surface area contributed by atoms with E-state index < -0.39 is 0 Å². The van der Waals surface area contributed by atoms with Crippen molar-refractivity contribution in [1.82, 2.24) is 4.90 Å². The van der Waals surface area contributed by atoms with E-state index in [0.717, 1.165) is 17.7 Å². The van der Waals surface area contributed by atoms with Gasteiger partial charge in [-0.1, -0.05) is 19.1 Å². The van der Waals surface area contributed by atoms with Gasteiger partial charge < -0.3 is 15.5 Å². The van der Waals surface area contributed by atoms with E-state index in [1.165, 1.54) is 31.6 Å². The summed E-state index contributed by atoms with van der Waals surface area (Å²) in [6, 6.07) is 7.01. The van der Waals surface area contributed by atoms with Gasteiger partial charge in [0.2, 0.25) is 0 Å². The molecule has 0 aromatic heterocycles. The van der Waals surface area contributed by atoms with Crippen LogP contribution in [0.5, 0.6) is 0 Å². The number of nitrogens with two attached hydrogens (primary N) is 1. The maximum Gasteiger partial charge on any atom is 0.104 e. The molecule has 0 atom stereocenters. The number of aryl methyl sites for hydroxylation is 1. The van der Waals surface area contributed by atoms with E-state index in [9.17, 15) is 0 Å². The molecule has 110 valence electrons. The Balaban J connectivity index is 2.08. The number of nitrogens with zero attached hydrogens (tertiary/aromatic N) is 2. The molecule has 1 aromatic rings. The van der Waals surface area contributed by atoms with Gasteiger partial charge in [-0.15, -0.1) is 0 Å².